The molecule has 0 radical (unpaired) electrons. The van der Waals surface area contributed by atoms with Crippen molar-refractivity contribution in [2.75, 3.05) is 10.6 Å². The van der Waals surface area contributed by atoms with Crippen LogP contribution in [0.25, 0.3) is 0 Å². The van der Waals surface area contributed by atoms with Gasteiger partial charge in [0.2, 0.25) is 5.91 Å². The highest BCUT2D eigenvalue weighted by Crippen LogP contribution is 2.46. The summed E-state index contributed by atoms with van der Waals surface area (Å²) < 4.78 is 43.0. The molecule has 2 aliphatic rings. The van der Waals surface area contributed by atoms with Crippen LogP contribution in [0.5, 0.6) is 0 Å². The van der Waals surface area contributed by atoms with Gasteiger partial charge in [0.1, 0.15) is 5.82 Å². The number of alkyl halides is 3. The Labute approximate surface area is 213 Å². The van der Waals surface area contributed by atoms with Crippen molar-refractivity contribution in [2.24, 2.45) is 5.41 Å². The lowest BCUT2D eigenvalue weighted by Gasteiger charge is -2.36. The second kappa shape index (κ2) is 10.0. The second-order valence-electron chi connectivity index (χ2n) is 10.0. The van der Waals surface area contributed by atoms with Crippen molar-refractivity contribution in [3.05, 3.63) is 78.0 Å². The molecule has 0 saturated heterocycles. The molecule has 5 rings (SSSR count). The van der Waals surface area contributed by atoms with Gasteiger partial charge in [0.25, 0.3) is 0 Å². The standard InChI is InChI=1S/C28H29F3N4O2/c29-28(30,31)24-16-22(19-10-4-1-5-11-19)34-25-21(18-32-35(24)25)23(36)17-27(14-8-3-9-15-27)26(37)33-20-12-6-2-7-13-20/h1-2,4-7,10-13,18,22,24,34H,3,8-9,14-17H2,(H,33,37)/t22-,24+/m0/s1. The molecule has 1 saturated carbocycles. The fourth-order valence-electron chi connectivity index (χ4n) is 5.57. The number of rotatable bonds is 6. The Morgan fingerprint density at radius 1 is 1.00 bits per heavy atom. The normalized spacial score (nSPS) is 20.9. The third-order valence-corrected chi connectivity index (χ3v) is 7.56. The van der Waals surface area contributed by atoms with Crippen molar-refractivity contribution in [3.8, 4) is 0 Å². The summed E-state index contributed by atoms with van der Waals surface area (Å²) in [6.07, 6.45) is 0.0541. The number of hydrogen-bond acceptors (Lipinski definition) is 4. The smallest absolute Gasteiger partial charge is 0.363 e. The van der Waals surface area contributed by atoms with E-state index in [4.69, 9.17) is 0 Å². The molecule has 0 bridgehead atoms. The van der Waals surface area contributed by atoms with Crippen molar-refractivity contribution in [2.45, 2.75) is 63.2 Å². The lowest BCUT2D eigenvalue weighted by Crippen LogP contribution is -2.40. The molecule has 1 fully saturated rings. The fourth-order valence-corrected chi connectivity index (χ4v) is 5.57. The van der Waals surface area contributed by atoms with Crippen LogP contribution in [-0.4, -0.2) is 27.6 Å². The Kier molecular flexibility index (Phi) is 6.79. The van der Waals surface area contributed by atoms with E-state index in [1.807, 2.05) is 18.2 Å². The van der Waals surface area contributed by atoms with E-state index in [0.717, 1.165) is 23.9 Å². The van der Waals surface area contributed by atoms with E-state index in [0.29, 0.717) is 24.1 Å². The number of ketones is 1. The molecule has 1 aromatic heterocycles. The van der Waals surface area contributed by atoms with E-state index in [1.165, 1.54) is 6.20 Å². The molecular formula is C28H29F3N4O2. The van der Waals surface area contributed by atoms with Crippen molar-refractivity contribution in [1.29, 1.82) is 0 Å². The monoisotopic (exact) mass is 510 g/mol. The summed E-state index contributed by atoms with van der Waals surface area (Å²) in [6, 6.07) is 15.5. The Hall–Kier alpha value is -3.62. The Morgan fingerprint density at radius 3 is 2.30 bits per heavy atom. The number of benzene rings is 2. The van der Waals surface area contributed by atoms with Crippen LogP contribution >= 0.6 is 0 Å². The first-order valence-electron chi connectivity index (χ1n) is 12.6. The first kappa shape index (κ1) is 25.0. The third kappa shape index (κ3) is 5.12. The van der Waals surface area contributed by atoms with Gasteiger partial charge in [0, 0.05) is 18.5 Å². The van der Waals surface area contributed by atoms with E-state index in [9.17, 15) is 22.8 Å². The number of aromatic nitrogens is 2. The molecule has 0 unspecified atom stereocenters. The number of carbonyl (C=O) groups excluding carboxylic acids is 2. The molecule has 37 heavy (non-hydrogen) atoms. The molecule has 194 valence electrons. The highest BCUT2D eigenvalue weighted by atomic mass is 19.4. The molecule has 2 N–H and O–H groups in total. The highest BCUT2D eigenvalue weighted by molar-refractivity contribution is 6.05. The second-order valence-corrected chi connectivity index (χ2v) is 10.0. The van der Waals surface area contributed by atoms with Crippen molar-refractivity contribution in [3.63, 3.8) is 0 Å². The van der Waals surface area contributed by atoms with Crippen molar-refractivity contribution >= 4 is 23.2 Å². The van der Waals surface area contributed by atoms with Gasteiger partial charge >= 0.3 is 6.18 Å². The van der Waals surface area contributed by atoms with Gasteiger partial charge in [-0.15, -0.1) is 0 Å². The quantitative estimate of drug-likeness (QED) is 0.362. The Balaban J connectivity index is 1.45. The molecule has 1 aliphatic carbocycles. The first-order chi connectivity index (χ1) is 17.8. The van der Waals surface area contributed by atoms with Crippen LogP contribution in [-0.2, 0) is 4.79 Å². The molecule has 3 aromatic rings. The van der Waals surface area contributed by atoms with Gasteiger partial charge in [-0.05, 0) is 30.5 Å². The zero-order chi connectivity index (χ0) is 26.0. The maximum Gasteiger partial charge on any atom is 0.410 e. The number of hydrogen-bond donors (Lipinski definition) is 2. The minimum Gasteiger partial charge on any atom is -0.363 e. The lowest BCUT2D eigenvalue weighted by atomic mass is 9.69. The SMILES string of the molecule is O=C(CC1(C(=O)Nc2ccccc2)CCCCC1)c1cnn2c1N[C@H](c1ccccc1)C[C@@H]2C(F)(F)F. The number of anilines is 2. The van der Waals surface area contributed by atoms with Crippen LogP contribution in [0.4, 0.5) is 24.7 Å². The van der Waals surface area contributed by atoms with E-state index >= 15 is 0 Å². The number of fused-ring (bicyclic) bond motifs is 1. The summed E-state index contributed by atoms with van der Waals surface area (Å²) in [5.74, 6) is -0.550. The fraction of sp³-hybridized carbons (Fsp3) is 0.393. The zero-order valence-electron chi connectivity index (χ0n) is 20.3. The van der Waals surface area contributed by atoms with Crippen LogP contribution in [0.2, 0.25) is 0 Å². The average Bonchev–Trinajstić information content (AvgIpc) is 3.33. The van der Waals surface area contributed by atoms with Gasteiger partial charge in [0.05, 0.1) is 23.2 Å². The molecule has 0 spiro atoms. The van der Waals surface area contributed by atoms with Gasteiger partial charge in [-0.2, -0.15) is 18.3 Å². The molecule has 6 nitrogen and oxygen atoms in total. The van der Waals surface area contributed by atoms with Crippen LogP contribution < -0.4 is 10.6 Å². The molecule has 2 atom stereocenters. The number of carbonyl (C=O) groups is 2. The van der Waals surface area contributed by atoms with E-state index in [1.54, 1.807) is 42.5 Å². The van der Waals surface area contributed by atoms with Crippen LogP contribution in [0.1, 0.15) is 73.0 Å². The minimum absolute atomic E-state index is 0.0573. The van der Waals surface area contributed by atoms with E-state index in [-0.39, 0.29) is 35.9 Å². The van der Waals surface area contributed by atoms with Crippen molar-refractivity contribution in [1.82, 2.24) is 9.78 Å². The van der Waals surface area contributed by atoms with Gasteiger partial charge in [-0.25, -0.2) is 4.68 Å². The average molecular weight is 511 g/mol. The minimum atomic E-state index is -4.53. The van der Waals surface area contributed by atoms with Gasteiger partial charge < -0.3 is 10.6 Å². The number of para-hydroxylation sites is 1. The molecule has 1 aliphatic heterocycles. The lowest BCUT2D eigenvalue weighted by molar-refractivity contribution is -0.173. The predicted octanol–water partition coefficient (Wildman–Crippen LogP) is 6.71. The number of nitrogens with zero attached hydrogens (tertiary/aromatic N) is 2. The summed E-state index contributed by atoms with van der Waals surface area (Å²) >= 11 is 0. The van der Waals surface area contributed by atoms with Gasteiger partial charge in [0.15, 0.2) is 11.8 Å². The maximum atomic E-state index is 14.0. The predicted molar refractivity (Wildman–Crippen MR) is 134 cm³/mol. The molecule has 9 heteroatoms. The summed E-state index contributed by atoms with van der Waals surface area (Å²) in [6.45, 7) is 0. The summed E-state index contributed by atoms with van der Waals surface area (Å²) in [5.41, 5.74) is 0.519. The highest BCUT2D eigenvalue weighted by Gasteiger charge is 2.48. The molecule has 1 amide bonds. The summed E-state index contributed by atoms with van der Waals surface area (Å²) in [4.78, 5) is 27.1. The summed E-state index contributed by atoms with van der Waals surface area (Å²) in [5, 5.41) is 10.1. The first-order valence-corrected chi connectivity index (χ1v) is 12.6. The number of amides is 1. The molecule has 2 heterocycles. The topological polar surface area (TPSA) is 76.0 Å². The zero-order valence-corrected chi connectivity index (χ0v) is 20.3. The van der Waals surface area contributed by atoms with Gasteiger partial charge in [-0.1, -0.05) is 67.8 Å². The molecule has 2 aromatic carbocycles. The molecular weight excluding hydrogens is 481 g/mol. The Morgan fingerprint density at radius 2 is 1.65 bits per heavy atom. The summed E-state index contributed by atoms with van der Waals surface area (Å²) in [7, 11) is 0. The van der Waals surface area contributed by atoms with E-state index in [2.05, 4.69) is 15.7 Å². The largest absolute Gasteiger partial charge is 0.410 e. The number of nitrogens with one attached hydrogen (secondary N) is 2. The van der Waals surface area contributed by atoms with Crippen LogP contribution in [0.15, 0.2) is 66.9 Å². The van der Waals surface area contributed by atoms with Crippen molar-refractivity contribution < 1.29 is 22.8 Å². The third-order valence-electron chi connectivity index (χ3n) is 7.56. The number of halogens is 3. The van der Waals surface area contributed by atoms with Crippen LogP contribution in [0, 0.1) is 5.41 Å². The van der Waals surface area contributed by atoms with Gasteiger partial charge in [-0.3, -0.25) is 9.59 Å². The number of Topliss-reactive ketones (excluding diaryl/α,β-unsaturated/α-hetero) is 1. The van der Waals surface area contributed by atoms with E-state index < -0.39 is 23.7 Å². The van der Waals surface area contributed by atoms with Crippen LogP contribution in [0.3, 0.4) is 0 Å². The Bertz CT molecular complexity index is 1250. The maximum absolute atomic E-state index is 14.0.